The Morgan fingerprint density at radius 2 is 2.00 bits per heavy atom. The predicted octanol–water partition coefficient (Wildman–Crippen LogP) is 0.690. The molecule has 2 N–H and O–H groups in total. The van der Waals surface area contributed by atoms with Crippen molar-refractivity contribution in [2.45, 2.75) is 25.8 Å². The highest BCUT2D eigenvalue weighted by Gasteiger charge is 2.18. The van der Waals surface area contributed by atoms with E-state index >= 15 is 0 Å². The van der Waals surface area contributed by atoms with Gasteiger partial charge in [-0.15, -0.1) is 6.58 Å². The maximum Gasteiger partial charge on any atom is 0.239 e. The predicted molar refractivity (Wildman–Crippen MR) is 68.2 cm³/mol. The lowest BCUT2D eigenvalue weighted by Gasteiger charge is -2.26. The largest absolute Gasteiger partial charge is 0.340 e. The Balaban J connectivity index is 4.27. The van der Waals surface area contributed by atoms with E-state index in [0.29, 0.717) is 6.42 Å². The summed E-state index contributed by atoms with van der Waals surface area (Å²) in [6.07, 6.45) is 3.19. The van der Waals surface area contributed by atoms with Crippen LogP contribution in [0.4, 0.5) is 0 Å². The fourth-order valence-electron chi connectivity index (χ4n) is 1.44. The van der Waals surface area contributed by atoms with E-state index in [4.69, 9.17) is 5.73 Å². The molecule has 0 aromatic rings. The molecule has 0 aliphatic carbocycles. The Morgan fingerprint density at radius 3 is 2.44 bits per heavy atom. The normalized spacial score (nSPS) is 12.6. The number of nitrogens with zero attached hydrogens (tertiary/aromatic N) is 2. The number of rotatable bonds is 8. The van der Waals surface area contributed by atoms with Crippen molar-refractivity contribution in [2.24, 2.45) is 5.73 Å². The summed E-state index contributed by atoms with van der Waals surface area (Å²) in [5.41, 5.74) is 5.79. The third-order valence-corrected chi connectivity index (χ3v) is 2.36. The number of nitrogens with two attached hydrogens (primary N) is 1. The number of amides is 1. The van der Waals surface area contributed by atoms with Gasteiger partial charge in [-0.1, -0.05) is 13.0 Å². The van der Waals surface area contributed by atoms with E-state index in [-0.39, 0.29) is 5.91 Å². The topological polar surface area (TPSA) is 49.6 Å². The van der Waals surface area contributed by atoms with Gasteiger partial charge in [0.15, 0.2) is 0 Å². The number of hydrogen-bond donors (Lipinski definition) is 1. The molecule has 0 aliphatic rings. The molecule has 1 amide bonds. The van der Waals surface area contributed by atoms with Gasteiger partial charge in [0.25, 0.3) is 0 Å². The van der Waals surface area contributed by atoms with Gasteiger partial charge in [-0.25, -0.2) is 0 Å². The SMILES string of the molecule is C=CCC(N)C(=O)N(CCC)CCN(C)C. The Hall–Kier alpha value is -0.870. The molecule has 0 aromatic heterocycles. The molecule has 0 rings (SSSR count). The number of hydrogen-bond acceptors (Lipinski definition) is 3. The van der Waals surface area contributed by atoms with Gasteiger partial charge < -0.3 is 15.5 Å². The monoisotopic (exact) mass is 227 g/mol. The van der Waals surface area contributed by atoms with E-state index in [2.05, 4.69) is 18.4 Å². The highest BCUT2D eigenvalue weighted by molar-refractivity contribution is 5.81. The molecule has 94 valence electrons. The van der Waals surface area contributed by atoms with Crippen molar-refractivity contribution >= 4 is 5.91 Å². The molecule has 0 aromatic carbocycles. The van der Waals surface area contributed by atoms with Gasteiger partial charge in [0.2, 0.25) is 5.91 Å². The summed E-state index contributed by atoms with van der Waals surface area (Å²) in [5.74, 6) is 0.0311. The van der Waals surface area contributed by atoms with Gasteiger partial charge in [0, 0.05) is 19.6 Å². The van der Waals surface area contributed by atoms with Crippen molar-refractivity contribution in [1.82, 2.24) is 9.80 Å². The Morgan fingerprint density at radius 1 is 1.38 bits per heavy atom. The summed E-state index contributed by atoms with van der Waals surface area (Å²) in [6, 6.07) is -0.439. The summed E-state index contributed by atoms with van der Waals surface area (Å²) >= 11 is 0. The van der Waals surface area contributed by atoms with Crippen LogP contribution in [0.2, 0.25) is 0 Å². The standard InChI is InChI=1S/C12H25N3O/c1-5-7-11(13)12(16)15(8-6-2)10-9-14(3)4/h5,11H,1,6-10,13H2,2-4H3. The number of carbonyl (C=O) groups excluding carboxylic acids is 1. The zero-order chi connectivity index (χ0) is 12.6. The average molecular weight is 227 g/mol. The van der Waals surface area contributed by atoms with Crippen molar-refractivity contribution in [1.29, 1.82) is 0 Å². The molecule has 0 heterocycles. The van der Waals surface area contributed by atoms with Gasteiger partial charge in [-0.2, -0.15) is 0 Å². The van der Waals surface area contributed by atoms with Crippen LogP contribution in [-0.4, -0.2) is 55.5 Å². The van der Waals surface area contributed by atoms with E-state index < -0.39 is 6.04 Å². The molecule has 0 spiro atoms. The van der Waals surface area contributed by atoms with Gasteiger partial charge in [-0.3, -0.25) is 4.79 Å². The molecular formula is C12H25N3O. The molecule has 0 fully saturated rings. The van der Waals surface area contributed by atoms with E-state index in [0.717, 1.165) is 26.1 Å². The first kappa shape index (κ1) is 15.1. The van der Waals surface area contributed by atoms with Gasteiger partial charge in [0.1, 0.15) is 0 Å². The quantitative estimate of drug-likeness (QED) is 0.621. The van der Waals surface area contributed by atoms with Crippen LogP contribution in [0.15, 0.2) is 12.7 Å². The van der Waals surface area contributed by atoms with Crippen molar-refractivity contribution in [3.8, 4) is 0 Å². The second-order valence-corrected chi connectivity index (χ2v) is 4.26. The number of carbonyl (C=O) groups is 1. The highest BCUT2D eigenvalue weighted by atomic mass is 16.2. The fourth-order valence-corrected chi connectivity index (χ4v) is 1.44. The number of likely N-dealkylation sites (N-methyl/N-ethyl adjacent to an activating group) is 1. The lowest BCUT2D eigenvalue weighted by atomic mass is 10.2. The molecular weight excluding hydrogens is 202 g/mol. The highest BCUT2D eigenvalue weighted by Crippen LogP contribution is 2.00. The summed E-state index contributed by atoms with van der Waals surface area (Å²) in [6.45, 7) is 8.05. The van der Waals surface area contributed by atoms with Crippen molar-refractivity contribution < 1.29 is 4.79 Å². The summed E-state index contributed by atoms with van der Waals surface area (Å²) < 4.78 is 0. The van der Waals surface area contributed by atoms with Crippen molar-refractivity contribution in [3.05, 3.63) is 12.7 Å². The third kappa shape index (κ3) is 5.88. The Kier molecular flexibility index (Phi) is 7.85. The summed E-state index contributed by atoms with van der Waals surface area (Å²) in [4.78, 5) is 15.9. The van der Waals surface area contributed by atoms with E-state index in [1.54, 1.807) is 6.08 Å². The van der Waals surface area contributed by atoms with Crippen LogP contribution in [-0.2, 0) is 4.79 Å². The smallest absolute Gasteiger partial charge is 0.239 e. The molecule has 1 unspecified atom stereocenters. The molecule has 1 atom stereocenters. The molecule has 0 saturated carbocycles. The summed E-state index contributed by atoms with van der Waals surface area (Å²) in [5, 5.41) is 0. The second kappa shape index (κ2) is 8.30. The molecule has 0 radical (unpaired) electrons. The van der Waals surface area contributed by atoms with Gasteiger partial charge in [-0.05, 0) is 26.9 Å². The Bertz CT molecular complexity index is 216. The maximum absolute atomic E-state index is 12.0. The Labute approximate surface area is 99.1 Å². The maximum atomic E-state index is 12.0. The van der Waals surface area contributed by atoms with Crippen molar-refractivity contribution in [2.75, 3.05) is 33.7 Å². The van der Waals surface area contributed by atoms with Crippen LogP contribution in [0.1, 0.15) is 19.8 Å². The molecule has 0 saturated heterocycles. The molecule has 4 heteroatoms. The second-order valence-electron chi connectivity index (χ2n) is 4.26. The molecule has 16 heavy (non-hydrogen) atoms. The first-order valence-corrected chi connectivity index (χ1v) is 5.82. The van der Waals surface area contributed by atoms with E-state index in [1.165, 1.54) is 0 Å². The van der Waals surface area contributed by atoms with Crippen LogP contribution in [0.25, 0.3) is 0 Å². The molecule has 4 nitrogen and oxygen atoms in total. The minimum atomic E-state index is -0.439. The van der Waals surface area contributed by atoms with Crippen LogP contribution in [0.3, 0.4) is 0 Å². The van der Waals surface area contributed by atoms with Crippen LogP contribution < -0.4 is 5.73 Å². The van der Waals surface area contributed by atoms with E-state index in [9.17, 15) is 4.79 Å². The summed E-state index contributed by atoms with van der Waals surface area (Å²) in [7, 11) is 4.00. The molecule has 0 aliphatic heterocycles. The zero-order valence-electron chi connectivity index (χ0n) is 10.8. The van der Waals surface area contributed by atoms with E-state index in [1.807, 2.05) is 19.0 Å². The lowest BCUT2D eigenvalue weighted by molar-refractivity contribution is -0.132. The minimum absolute atomic E-state index is 0.0311. The molecule has 0 bridgehead atoms. The first-order valence-electron chi connectivity index (χ1n) is 5.82. The fraction of sp³-hybridized carbons (Fsp3) is 0.750. The van der Waals surface area contributed by atoms with Gasteiger partial charge >= 0.3 is 0 Å². The minimum Gasteiger partial charge on any atom is -0.340 e. The zero-order valence-corrected chi connectivity index (χ0v) is 10.8. The third-order valence-electron chi connectivity index (χ3n) is 2.36. The van der Waals surface area contributed by atoms with Crippen LogP contribution in [0.5, 0.6) is 0 Å². The first-order chi connectivity index (χ1) is 7.52. The van der Waals surface area contributed by atoms with Crippen LogP contribution >= 0.6 is 0 Å². The van der Waals surface area contributed by atoms with Crippen molar-refractivity contribution in [3.63, 3.8) is 0 Å². The average Bonchev–Trinajstić information content (AvgIpc) is 2.23. The van der Waals surface area contributed by atoms with Gasteiger partial charge in [0.05, 0.1) is 6.04 Å². The van der Waals surface area contributed by atoms with Crippen LogP contribution in [0, 0.1) is 0 Å². The lowest BCUT2D eigenvalue weighted by Crippen LogP contribution is -2.46.